The van der Waals surface area contributed by atoms with Crippen molar-refractivity contribution in [2.75, 3.05) is 26.3 Å². The Kier molecular flexibility index (Phi) is 9.02. The van der Waals surface area contributed by atoms with Crippen molar-refractivity contribution in [3.63, 3.8) is 0 Å². The Labute approximate surface area is 216 Å². The SMILES string of the molecule is CC(C)CN(C[C@@H](O)[C@H](Cc1ccccc1)NC(=O)OC1COC2OCCC12)S(=O)(=O)c1cccs1. The average Bonchev–Trinajstić information content (AvgIpc) is 3.59. The lowest BCUT2D eigenvalue weighted by molar-refractivity contribution is -0.0907. The molecule has 3 unspecified atom stereocenters. The van der Waals surface area contributed by atoms with Crippen molar-refractivity contribution in [1.29, 1.82) is 0 Å². The maximum absolute atomic E-state index is 13.3. The normalized spacial score (nSPS) is 23.5. The van der Waals surface area contributed by atoms with Gasteiger partial charge in [0.15, 0.2) is 6.29 Å². The largest absolute Gasteiger partial charge is 0.443 e. The van der Waals surface area contributed by atoms with Crippen LogP contribution in [0, 0.1) is 11.8 Å². The molecule has 3 heterocycles. The first kappa shape index (κ1) is 27.0. The third-order valence-electron chi connectivity index (χ3n) is 6.36. The molecular formula is C25H34N2O7S2. The van der Waals surface area contributed by atoms with Crippen molar-refractivity contribution < 1.29 is 32.5 Å². The topological polar surface area (TPSA) is 114 Å². The molecule has 198 valence electrons. The molecule has 5 atom stereocenters. The summed E-state index contributed by atoms with van der Waals surface area (Å²) in [6, 6.07) is 11.9. The lowest BCUT2D eigenvalue weighted by Crippen LogP contribution is -2.51. The van der Waals surface area contributed by atoms with Gasteiger partial charge in [0.2, 0.25) is 0 Å². The van der Waals surface area contributed by atoms with Gasteiger partial charge in [0.25, 0.3) is 10.0 Å². The molecular weight excluding hydrogens is 504 g/mol. The first-order valence-corrected chi connectivity index (χ1v) is 14.5. The maximum atomic E-state index is 13.3. The molecule has 0 saturated carbocycles. The number of amides is 1. The number of hydrogen-bond acceptors (Lipinski definition) is 8. The van der Waals surface area contributed by atoms with Gasteiger partial charge >= 0.3 is 6.09 Å². The highest BCUT2D eigenvalue weighted by atomic mass is 32.2. The molecule has 2 aliphatic rings. The van der Waals surface area contributed by atoms with E-state index in [4.69, 9.17) is 14.2 Å². The van der Waals surface area contributed by atoms with E-state index in [-0.39, 0.29) is 42.0 Å². The zero-order chi connectivity index (χ0) is 25.7. The summed E-state index contributed by atoms with van der Waals surface area (Å²) in [5.41, 5.74) is 0.895. The van der Waals surface area contributed by atoms with Gasteiger partial charge in [-0.05, 0) is 35.8 Å². The molecule has 2 fully saturated rings. The predicted octanol–water partition coefficient (Wildman–Crippen LogP) is 2.85. The van der Waals surface area contributed by atoms with Crippen molar-refractivity contribution in [2.24, 2.45) is 11.8 Å². The quantitative estimate of drug-likeness (QED) is 0.452. The van der Waals surface area contributed by atoms with Crippen LogP contribution in [0.15, 0.2) is 52.1 Å². The standard InChI is InChI=1S/C25H34N2O7S2/c1-17(2)14-27(36(30,31)23-9-6-12-35-23)15-21(28)20(13-18-7-4-3-5-8-18)26-25(29)34-22-16-33-24-19(22)10-11-32-24/h3-9,12,17,19-22,24,28H,10-11,13-16H2,1-2H3,(H,26,29)/t19?,20-,21+,22?,24?/m0/s1. The maximum Gasteiger partial charge on any atom is 0.407 e. The second kappa shape index (κ2) is 12.0. The number of hydrogen-bond donors (Lipinski definition) is 2. The summed E-state index contributed by atoms with van der Waals surface area (Å²) in [5, 5.41) is 15.8. The average molecular weight is 539 g/mol. The number of nitrogens with zero attached hydrogens (tertiary/aromatic N) is 1. The second-order valence-electron chi connectivity index (χ2n) is 9.62. The van der Waals surface area contributed by atoms with Crippen LogP contribution in [0.1, 0.15) is 25.8 Å². The fourth-order valence-electron chi connectivity index (χ4n) is 4.57. The number of alkyl carbamates (subject to hydrolysis) is 1. The molecule has 11 heteroatoms. The van der Waals surface area contributed by atoms with Gasteiger partial charge in [-0.1, -0.05) is 50.2 Å². The Bertz CT molecular complexity index is 1080. The predicted molar refractivity (Wildman–Crippen MR) is 135 cm³/mol. The summed E-state index contributed by atoms with van der Waals surface area (Å²) in [6.07, 6.45) is -1.56. The lowest BCUT2D eigenvalue weighted by Gasteiger charge is -2.30. The summed E-state index contributed by atoms with van der Waals surface area (Å²) in [6.45, 7) is 4.74. The summed E-state index contributed by atoms with van der Waals surface area (Å²) in [5.74, 6) is 0.0343. The molecule has 1 aromatic heterocycles. The third-order valence-corrected chi connectivity index (χ3v) is 9.56. The zero-order valence-corrected chi connectivity index (χ0v) is 22.1. The molecule has 0 spiro atoms. The lowest BCUT2D eigenvalue weighted by atomic mass is 10.0. The van der Waals surface area contributed by atoms with Gasteiger partial charge in [-0.25, -0.2) is 13.2 Å². The number of carbonyl (C=O) groups excluding carboxylic acids is 1. The van der Waals surface area contributed by atoms with Crippen LogP contribution in [0.5, 0.6) is 0 Å². The number of nitrogens with one attached hydrogen (secondary N) is 1. The summed E-state index contributed by atoms with van der Waals surface area (Å²) >= 11 is 1.14. The van der Waals surface area contributed by atoms with E-state index in [0.717, 1.165) is 23.3 Å². The molecule has 2 saturated heterocycles. The molecule has 2 aliphatic heterocycles. The minimum Gasteiger partial charge on any atom is -0.443 e. The number of sulfonamides is 1. The number of rotatable bonds is 11. The van der Waals surface area contributed by atoms with E-state index in [2.05, 4.69) is 5.32 Å². The molecule has 2 N–H and O–H groups in total. The fraction of sp³-hybridized carbons (Fsp3) is 0.560. The van der Waals surface area contributed by atoms with E-state index in [1.54, 1.807) is 17.5 Å². The number of fused-ring (bicyclic) bond motifs is 1. The van der Waals surface area contributed by atoms with Crippen LogP contribution in [0.4, 0.5) is 4.79 Å². The highest BCUT2D eigenvalue weighted by molar-refractivity contribution is 7.91. The van der Waals surface area contributed by atoms with Crippen molar-refractivity contribution >= 4 is 27.5 Å². The molecule has 2 aromatic rings. The van der Waals surface area contributed by atoms with Crippen LogP contribution in [0.2, 0.25) is 0 Å². The van der Waals surface area contributed by atoms with Crippen LogP contribution >= 0.6 is 11.3 Å². The van der Waals surface area contributed by atoms with E-state index >= 15 is 0 Å². The van der Waals surface area contributed by atoms with Crippen LogP contribution in [0.3, 0.4) is 0 Å². The van der Waals surface area contributed by atoms with Crippen molar-refractivity contribution in [2.45, 2.75) is 55.4 Å². The number of aliphatic hydroxyl groups excluding tert-OH is 1. The Hall–Kier alpha value is -2.02. The van der Waals surface area contributed by atoms with Crippen LogP contribution in [0.25, 0.3) is 0 Å². The monoisotopic (exact) mass is 538 g/mol. The van der Waals surface area contributed by atoms with Gasteiger partial charge in [-0.15, -0.1) is 11.3 Å². The third kappa shape index (κ3) is 6.64. The smallest absolute Gasteiger partial charge is 0.407 e. The van der Waals surface area contributed by atoms with E-state index in [1.165, 1.54) is 4.31 Å². The van der Waals surface area contributed by atoms with E-state index in [0.29, 0.717) is 13.0 Å². The van der Waals surface area contributed by atoms with E-state index in [9.17, 15) is 18.3 Å². The summed E-state index contributed by atoms with van der Waals surface area (Å²) in [7, 11) is -3.79. The van der Waals surface area contributed by atoms with Crippen molar-refractivity contribution in [1.82, 2.24) is 9.62 Å². The number of carbonyl (C=O) groups is 1. The Morgan fingerprint density at radius 3 is 2.67 bits per heavy atom. The molecule has 4 rings (SSSR count). The van der Waals surface area contributed by atoms with Gasteiger partial charge in [-0.2, -0.15) is 4.31 Å². The molecule has 36 heavy (non-hydrogen) atoms. The van der Waals surface area contributed by atoms with Gasteiger partial charge in [-0.3, -0.25) is 0 Å². The van der Waals surface area contributed by atoms with Crippen molar-refractivity contribution in [3.05, 3.63) is 53.4 Å². The molecule has 0 radical (unpaired) electrons. The highest BCUT2D eigenvalue weighted by Crippen LogP contribution is 2.33. The summed E-state index contributed by atoms with van der Waals surface area (Å²) in [4.78, 5) is 12.9. The fourth-order valence-corrected chi connectivity index (χ4v) is 7.34. The zero-order valence-electron chi connectivity index (χ0n) is 20.5. The van der Waals surface area contributed by atoms with Crippen LogP contribution in [-0.4, -0.2) is 74.8 Å². The summed E-state index contributed by atoms with van der Waals surface area (Å²) < 4.78 is 44.8. The van der Waals surface area contributed by atoms with Gasteiger partial charge in [0, 0.05) is 13.1 Å². The highest BCUT2D eigenvalue weighted by Gasteiger charge is 2.44. The Balaban J connectivity index is 1.48. The van der Waals surface area contributed by atoms with Crippen molar-refractivity contribution in [3.8, 4) is 0 Å². The first-order valence-electron chi connectivity index (χ1n) is 12.2. The number of ether oxygens (including phenoxy) is 3. The Morgan fingerprint density at radius 1 is 1.19 bits per heavy atom. The Morgan fingerprint density at radius 2 is 1.97 bits per heavy atom. The number of aliphatic hydroxyl groups is 1. The van der Waals surface area contributed by atoms with Gasteiger partial charge in [0.1, 0.15) is 10.3 Å². The molecule has 0 aliphatic carbocycles. The minimum absolute atomic E-state index is 0.00859. The number of thiophene rings is 1. The second-order valence-corrected chi connectivity index (χ2v) is 12.7. The van der Waals surface area contributed by atoms with E-state index < -0.39 is 34.4 Å². The molecule has 1 aromatic carbocycles. The minimum atomic E-state index is -3.79. The van der Waals surface area contributed by atoms with Crippen LogP contribution < -0.4 is 5.32 Å². The van der Waals surface area contributed by atoms with Gasteiger partial charge in [0.05, 0.1) is 31.3 Å². The molecule has 0 bridgehead atoms. The molecule has 9 nitrogen and oxygen atoms in total. The van der Waals surface area contributed by atoms with Crippen LogP contribution in [-0.2, 0) is 30.7 Å². The molecule has 1 amide bonds. The van der Waals surface area contributed by atoms with E-state index in [1.807, 2.05) is 44.2 Å². The first-order chi connectivity index (χ1) is 17.2. The number of benzene rings is 1. The van der Waals surface area contributed by atoms with Gasteiger partial charge < -0.3 is 24.6 Å².